The maximum Gasteiger partial charge on any atom is 0.256 e. The van der Waals surface area contributed by atoms with E-state index in [4.69, 9.17) is 4.74 Å². The van der Waals surface area contributed by atoms with E-state index >= 15 is 0 Å². The maximum absolute atomic E-state index is 12.7. The fourth-order valence-electron chi connectivity index (χ4n) is 4.18. The van der Waals surface area contributed by atoms with E-state index in [2.05, 4.69) is 16.5 Å². The first-order valence-corrected chi connectivity index (χ1v) is 10.6. The van der Waals surface area contributed by atoms with Crippen LogP contribution in [-0.4, -0.2) is 46.7 Å². The number of amides is 2. The minimum Gasteiger partial charge on any atom is -0.497 e. The van der Waals surface area contributed by atoms with Crippen LogP contribution in [0.5, 0.6) is 5.75 Å². The van der Waals surface area contributed by atoms with Gasteiger partial charge in [0.05, 0.1) is 19.3 Å². The predicted molar refractivity (Wildman–Crippen MR) is 115 cm³/mol. The number of rotatable bonds is 5. The van der Waals surface area contributed by atoms with Crippen molar-refractivity contribution >= 4 is 17.6 Å². The Labute approximate surface area is 176 Å². The highest BCUT2D eigenvalue weighted by atomic mass is 16.5. The van der Waals surface area contributed by atoms with Crippen LogP contribution in [0.4, 0.5) is 5.82 Å². The molecule has 0 radical (unpaired) electrons. The molecule has 7 heteroatoms. The van der Waals surface area contributed by atoms with Crippen LogP contribution >= 0.6 is 0 Å². The molecule has 0 atom stereocenters. The zero-order valence-corrected chi connectivity index (χ0v) is 17.3. The second-order valence-electron chi connectivity index (χ2n) is 7.84. The minimum absolute atomic E-state index is 0.163. The van der Waals surface area contributed by atoms with Gasteiger partial charge in [0.2, 0.25) is 5.91 Å². The van der Waals surface area contributed by atoms with Crippen molar-refractivity contribution in [1.82, 2.24) is 14.7 Å². The Balaban J connectivity index is 1.37. The third-order valence-electron chi connectivity index (χ3n) is 5.93. The Kier molecular flexibility index (Phi) is 6.16. The molecule has 2 aliphatic rings. The van der Waals surface area contributed by atoms with Gasteiger partial charge in [-0.15, -0.1) is 0 Å². The summed E-state index contributed by atoms with van der Waals surface area (Å²) in [5.41, 5.74) is 1.54. The van der Waals surface area contributed by atoms with Crippen molar-refractivity contribution in [1.29, 1.82) is 0 Å². The molecule has 1 aliphatic heterocycles. The van der Waals surface area contributed by atoms with Gasteiger partial charge in [-0.25, -0.2) is 4.68 Å². The zero-order chi connectivity index (χ0) is 20.9. The molecule has 0 saturated carbocycles. The molecule has 1 fully saturated rings. The van der Waals surface area contributed by atoms with Gasteiger partial charge in [-0.05, 0) is 62.8 Å². The smallest absolute Gasteiger partial charge is 0.256 e. The van der Waals surface area contributed by atoms with Crippen LogP contribution in [0.25, 0.3) is 0 Å². The number of nitrogens with zero attached hydrogens (tertiary/aromatic N) is 3. The van der Waals surface area contributed by atoms with Gasteiger partial charge >= 0.3 is 0 Å². The van der Waals surface area contributed by atoms with E-state index < -0.39 is 0 Å². The maximum atomic E-state index is 12.7. The van der Waals surface area contributed by atoms with Gasteiger partial charge in [0.15, 0.2) is 0 Å². The van der Waals surface area contributed by atoms with Crippen LogP contribution in [0.2, 0.25) is 0 Å². The topological polar surface area (TPSA) is 76.5 Å². The molecule has 0 unspecified atom stereocenters. The summed E-state index contributed by atoms with van der Waals surface area (Å²) >= 11 is 0. The van der Waals surface area contributed by atoms with Gasteiger partial charge in [-0.2, -0.15) is 5.10 Å². The molecular formula is C23H28N4O3. The molecule has 1 aliphatic carbocycles. The summed E-state index contributed by atoms with van der Waals surface area (Å²) in [4.78, 5) is 27.3. The van der Waals surface area contributed by atoms with Gasteiger partial charge in [0.1, 0.15) is 11.6 Å². The van der Waals surface area contributed by atoms with Crippen molar-refractivity contribution in [2.24, 2.45) is 0 Å². The molecular weight excluding hydrogens is 380 g/mol. The number of piperidine rings is 1. The first-order chi connectivity index (χ1) is 14.7. The lowest BCUT2D eigenvalue weighted by Crippen LogP contribution is -2.40. The van der Waals surface area contributed by atoms with E-state index in [1.54, 1.807) is 37.6 Å². The summed E-state index contributed by atoms with van der Waals surface area (Å²) < 4.78 is 7.02. The molecule has 4 rings (SSSR count). The number of aromatic nitrogens is 2. The fourth-order valence-corrected chi connectivity index (χ4v) is 4.18. The molecule has 1 aromatic heterocycles. The molecule has 0 bridgehead atoms. The molecule has 30 heavy (non-hydrogen) atoms. The lowest BCUT2D eigenvalue weighted by atomic mass is 9.97. The number of carbonyl (C=O) groups excluding carboxylic acids is 2. The van der Waals surface area contributed by atoms with Crippen molar-refractivity contribution in [3.8, 4) is 5.75 Å². The highest BCUT2D eigenvalue weighted by molar-refractivity contribution is 6.03. The van der Waals surface area contributed by atoms with E-state index in [1.165, 1.54) is 6.42 Å². The van der Waals surface area contributed by atoms with E-state index in [1.807, 2.05) is 15.6 Å². The van der Waals surface area contributed by atoms with Gasteiger partial charge < -0.3 is 15.0 Å². The standard InChI is InChI=1S/C23H28N4O3/c1-30-20-9-7-17(8-10-20)22(28)25-21-11-14-24-27(21)19-12-15-26(16-13-19)23(29)18-5-3-2-4-6-18/h5,7-11,14,19H,2-4,6,12-13,15-16H2,1H3,(H,25,28). The molecule has 2 amide bonds. The number of anilines is 1. The summed E-state index contributed by atoms with van der Waals surface area (Å²) in [5.74, 6) is 1.40. The van der Waals surface area contributed by atoms with Crippen LogP contribution in [0.1, 0.15) is 54.9 Å². The Morgan fingerprint density at radius 2 is 1.87 bits per heavy atom. The normalized spacial score (nSPS) is 17.4. The number of hydrogen-bond acceptors (Lipinski definition) is 4. The summed E-state index contributed by atoms with van der Waals surface area (Å²) in [5, 5.41) is 7.40. The summed E-state index contributed by atoms with van der Waals surface area (Å²) in [7, 11) is 1.60. The molecule has 158 valence electrons. The average Bonchev–Trinajstić information content (AvgIpc) is 3.27. The fraction of sp³-hybridized carbons (Fsp3) is 0.435. The lowest BCUT2D eigenvalue weighted by Gasteiger charge is -2.33. The van der Waals surface area contributed by atoms with Crippen LogP contribution in [0.15, 0.2) is 48.2 Å². The van der Waals surface area contributed by atoms with Gasteiger partial charge in [-0.3, -0.25) is 9.59 Å². The molecule has 2 heterocycles. The first kappa shape index (κ1) is 20.2. The number of nitrogens with one attached hydrogen (secondary N) is 1. The Morgan fingerprint density at radius 1 is 1.10 bits per heavy atom. The van der Waals surface area contributed by atoms with E-state index in [0.29, 0.717) is 30.2 Å². The largest absolute Gasteiger partial charge is 0.497 e. The number of benzene rings is 1. The number of ether oxygens (including phenoxy) is 1. The third kappa shape index (κ3) is 4.40. The quantitative estimate of drug-likeness (QED) is 0.816. The number of likely N-dealkylation sites (tertiary alicyclic amines) is 1. The van der Waals surface area contributed by atoms with Gasteiger partial charge in [-0.1, -0.05) is 6.08 Å². The average molecular weight is 409 g/mol. The van der Waals surface area contributed by atoms with Gasteiger partial charge in [0, 0.05) is 30.3 Å². The van der Waals surface area contributed by atoms with Crippen LogP contribution in [-0.2, 0) is 4.79 Å². The number of hydrogen-bond donors (Lipinski definition) is 1. The zero-order valence-electron chi connectivity index (χ0n) is 17.3. The summed E-state index contributed by atoms with van der Waals surface area (Å²) in [6.07, 6.45) is 9.67. The summed E-state index contributed by atoms with van der Waals surface area (Å²) in [6.45, 7) is 1.43. The van der Waals surface area contributed by atoms with Crippen molar-refractivity contribution in [2.75, 3.05) is 25.5 Å². The third-order valence-corrected chi connectivity index (χ3v) is 5.93. The van der Waals surface area contributed by atoms with E-state index in [9.17, 15) is 9.59 Å². The monoisotopic (exact) mass is 408 g/mol. The van der Waals surface area contributed by atoms with Gasteiger partial charge in [0.25, 0.3) is 5.91 Å². The Hall–Kier alpha value is -3.09. The lowest BCUT2D eigenvalue weighted by molar-refractivity contribution is -0.128. The highest BCUT2D eigenvalue weighted by Crippen LogP contribution is 2.28. The molecule has 1 N–H and O–H groups in total. The van der Waals surface area contributed by atoms with Crippen molar-refractivity contribution < 1.29 is 14.3 Å². The second kappa shape index (κ2) is 9.15. The van der Waals surface area contributed by atoms with Crippen molar-refractivity contribution in [3.05, 3.63) is 53.7 Å². The predicted octanol–water partition coefficient (Wildman–Crippen LogP) is 3.81. The molecule has 1 saturated heterocycles. The first-order valence-electron chi connectivity index (χ1n) is 10.6. The molecule has 2 aromatic rings. The van der Waals surface area contributed by atoms with Crippen LogP contribution in [0.3, 0.4) is 0 Å². The summed E-state index contributed by atoms with van der Waals surface area (Å²) in [6, 6.07) is 8.97. The minimum atomic E-state index is -0.184. The molecule has 0 spiro atoms. The highest BCUT2D eigenvalue weighted by Gasteiger charge is 2.27. The van der Waals surface area contributed by atoms with Crippen LogP contribution in [0, 0.1) is 0 Å². The Morgan fingerprint density at radius 3 is 2.53 bits per heavy atom. The van der Waals surface area contributed by atoms with E-state index in [0.717, 1.165) is 37.7 Å². The number of methoxy groups -OCH3 is 1. The second-order valence-corrected chi connectivity index (χ2v) is 7.84. The number of allylic oxidation sites excluding steroid dienone is 1. The van der Waals surface area contributed by atoms with Crippen molar-refractivity contribution in [2.45, 2.75) is 44.6 Å². The molecule has 1 aromatic carbocycles. The SMILES string of the molecule is COc1ccc(C(=O)Nc2ccnn2C2CCN(C(=O)C3=CCCCC3)CC2)cc1. The molecule has 7 nitrogen and oxygen atoms in total. The van der Waals surface area contributed by atoms with Crippen molar-refractivity contribution in [3.63, 3.8) is 0 Å². The van der Waals surface area contributed by atoms with Crippen LogP contribution < -0.4 is 10.1 Å². The van der Waals surface area contributed by atoms with E-state index in [-0.39, 0.29) is 17.9 Å². The Bertz CT molecular complexity index is 924. The number of carbonyl (C=O) groups is 2.